The van der Waals surface area contributed by atoms with Crippen LogP contribution >= 0.6 is 0 Å². The van der Waals surface area contributed by atoms with E-state index in [1.807, 2.05) is 21.1 Å². The van der Waals surface area contributed by atoms with E-state index in [0.29, 0.717) is 17.4 Å². The molecule has 0 amide bonds. The molecule has 2 unspecified atom stereocenters. The first-order valence-corrected chi connectivity index (χ1v) is 41.1. The van der Waals surface area contributed by atoms with Gasteiger partial charge in [-0.25, -0.2) is 4.79 Å². The first-order valence-electron chi connectivity index (χ1n) is 41.1. The molecule has 9 heteroatoms. The van der Waals surface area contributed by atoms with E-state index in [4.69, 9.17) is 18.9 Å². The topological polar surface area (TPSA) is 108 Å². The van der Waals surface area contributed by atoms with Crippen LogP contribution in [-0.4, -0.2) is 87.4 Å². The zero-order valence-corrected chi connectivity index (χ0v) is 63.6. The summed E-state index contributed by atoms with van der Waals surface area (Å²) in [7, 11) is 6.00. The lowest BCUT2D eigenvalue weighted by Crippen LogP contribution is -2.40. The summed E-state index contributed by atoms with van der Waals surface area (Å²) in [5, 5.41) is 9.78. The van der Waals surface area contributed by atoms with Crippen LogP contribution in [0, 0.1) is 0 Å². The molecular formula is C86H158NO8+. The minimum Gasteiger partial charge on any atom is -0.477 e. The summed E-state index contributed by atoms with van der Waals surface area (Å²) >= 11 is 0. The molecule has 0 bridgehead atoms. The molecule has 0 saturated carbocycles. The summed E-state index contributed by atoms with van der Waals surface area (Å²) in [6.45, 7) is 4.82. The van der Waals surface area contributed by atoms with E-state index in [0.717, 1.165) is 70.6 Å². The molecule has 0 aliphatic heterocycles. The highest BCUT2D eigenvalue weighted by Crippen LogP contribution is 2.20. The van der Waals surface area contributed by atoms with Gasteiger partial charge in [0, 0.05) is 12.8 Å². The van der Waals surface area contributed by atoms with E-state index in [1.54, 1.807) is 0 Å². The predicted molar refractivity (Wildman–Crippen MR) is 410 cm³/mol. The van der Waals surface area contributed by atoms with Crippen molar-refractivity contribution < 1.29 is 42.9 Å². The van der Waals surface area contributed by atoms with E-state index in [-0.39, 0.29) is 38.2 Å². The molecule has 2 atom stereocenters. The Balaban J connectivity index is 3.94. The molecule has 0 aliphatic carbocycles. The zero-order chi connectivity index (χ0) is 69.0. The lowest BCUT2D eigenvalue weighted by molar-refractivity contribution is -0.870. The maximum Gasteiger partial charge on any atom is 0.361 e. The Labute approximate surface area is 589 Å². The largest absolute Gasteiger partial charge is 0.477 e. The maximum atomic E-state index is 13.0. The molecule has 0 aromatic carbocycles. The number of carbonyl (C=O) groups excluding carboxylic acids is 2. The van der Waals surface area contributed by atoms with Gasteiger partial charge < -0.3 is 28.5 Å². The van der Waals surface area contributed by atoms with Gasteiger partial charge in [0.15, 0.2) is 6.10 Å². The minimum atomic E-state index is -1.51. The van der Waals surface area contributed by atoms with Crippen LogP contribution in [0.25, 0.3) is 0 Å². The SMILES string of the molecule is CC/C=C\C/C=C\C/C=C\C/C=C\CCCCCCCCCCCCCCCCCCCCCCCCCCCCCCC(=O)OC(COC(=O)CCCCCCCCCCCCCCCCCCC/C=C\C/C=C\CCCCCCC)COC(OCC[N+](C)(C)C)C(=O)O. The molecule has 0 aromatic rings. The van der Waals surface area contributed by atoms with Gasteiger partial charge in [0.2, 0.25) is 0 Å². The maximum absolute atomic E-state index is 13.0. The monoisotopic (exact) mass is 1330 g/mol. The molecule has 9 nitrogen and oxygen atoms in total. The summed E-state index contributed by atoms with van der Waals surface area (Å²) in [6.07, 6.45) is 101. The number of nitrogens with zero attached hydrogens (tertiary/aromatic N) is 1. The molecular weight excluding hydrogens is 1170 g/mol. The molecule has 554 valence electrons. The van der Waals surface area contributed by atoms with Gasteiger partial charge in [-0.05, 0) is 83.5 Å². The second kappa shape index (κ2) is 76.5. The number of hydrogen-bond donors (Lipinski definition) is 1. The molecule has 0 saturated heterocycles. The van der Waals surface area contributed by atoms with Crippen LogP contribution < -0.4 is 0 Å². The molecule has 0 spiro atoms. The van der Waals surface area contributed by atoms with E-state index in [2.05, 4.69) is 86.8 Å². The van der Waals surface area contributed by atoms with Gasteiger partial charge in [-0.3, -0.25) is 9.59 Å². The van der Waals surface area contributed by atoms with Crippen molar-refractivity contribution in [2.75, 3.05) is 47.5 Å². The second-order valence-electron chi connectivity index (χ2n) is 29.1. The normalized spacial score (nSPS) is 13.0. The number of ether oxygens (including phenoxy) is 4. The predicted octanol–water partition coefficient (Wildman–Crippen LogP) is 26.4. The second-order valence-corrected chi connectivity index (χ2v) is 29.1. The van der Waals surface area contributed by atoms with Crippen LogP contribution in [0.15, 0.2) is 72.9 Å². The smallest absolute Gasteiger partial charge is 0.361 e. The molecule has 0 rings (SSSR count). The van der Waals surface area contributed by atoms with Crippen molar-refractivity contribution in [2.24, 2.45) is 0 Å². The van der Waals surface area contributed by atoms with Gasteiger partial charge in [0.05, 0.1) is 34.4 Å². The number of allylic oxidation sites excluding steroid dienone is 12. The Morgan fingerprint density at radius 1 is 0.326 bits per heavy atom. The van der Waals surface area contributed by atoms with Crippen molar-refractivity contribution in [1.29, 1.82) is 0 Å². The lowest BCUT2D eigenvalue weighted by atomic mass is 10.0. The molecule has 0 aromatic heterocycles. The Bertz CT molecular complexity index is 1790. The summed E-state index contributed by atoms with van der Waals surface area (Å²) in [5.74, 6) is -1.98. The molecule has 95 heavy (non-hydrogen) atoms. The third kappa shape index (κ3) is 77.9. The third-order valence-corrected chi connectivity index (χ3v) is 18.4. The molecule has 0 heterocycles. The van der Waals surface area contributed by atoms with Crippen molar-refractivity contribution in [2.45, 2.75) is 411 Å². The summed E-state index contributed by atoms with van der Waals surface area (Å²) in [4.78, 5) is 37.7. The van der Waals surface area contributed by atoms with Crippen molar-refractivity contribution in [1.82, 2.24) is 0 Å². The standard InChI is InChI=1S/C86H157NO8/c1-6-8-10-12-14-16-18-20-22-24-26-28-30-32-34-36-37-38-39-40-41-42-43-44-45-46-47-49-51-53-55-57-59-61-63-65-67-69-71-73-75-77-84(89)95-82(81-94-86(85(90)91)92-79-78-87(3,4)5)80-93-83(88)76-74-72-70-68-66-64-62-60-58-56-54-52-50-48-35-33-31-29-27-25-23-21-19-17-15-13-11-9-7-2/h8,10,14,16,19-22,25-28,82,86H,6-7,9,11-13,15,17-18,23-24,29-81H2,1-5H3/p+1/b10-8-,16-14-,21-19-,22-20-,27-25-,28-26-. The van der Waals surface area contributed by atoms with E-state index < -0.39 is 18.4 Å². The molecule has 0 radical (unpaired) electrons. The zero-order valence-electron chi connectivity index (χ0n) is 63.6. The number of rotatable bonds is 77. The highest BCUT2D eigenvalue weighted by Gasteiger charge is 2.25. The molecule has 0 aliphatic rings. The number of quaternary nitrogens is 1. The van der Waals surface area contributed by atoms with E-state index >= 15 is 0 Å². The quantitative estimate of drug-likeness (QED) is 0.0211. The molecule has 0 fully saturated rings. The minimum absolute atomic E-state index is 0.177. The lowest BCUT2D eigenvalue weighted by Gasteiger charge is -2.25. The van der Waals surface area contributed by atoms with Crippen LogP contribution in [0.5, 0.6) is 0 Å². The Morgan fingerprint density at radius 2 is 0.600 bits per heavy atom. The number of carboxylic acid groups (broad SMARTS) is 1. The Hall–Kier alpha value is -3.27. The fraction of sp³-hybridized carbons (Fsp3) is 0.826. The van der Waals surface area contributed by atoms with E-state index in [9.17, 15) is 19.5 Å². The van der Waals surface area contributed by atoms with Crippen LogP contribution in [-0.2, 0) is 33.3 Å². The number of unbranched alkanes of at least 4 members (excludes halogenated alkanes) is 50. The summed E-state index contributed by atoms with van der Waals surface area (Å²) in [6, 6.07) is 0. The van der Waals surface area contributed by atoms with E-state index in [1.165, 1.54) is 302 Å². The van der Waals surface area contributed by atoms with Crippen molar-refractivity contribution in [3.63, 3.8) is 0 Å². The summed E-state index contributed by atoms with van der Waals surface area (Å²) in [5.41, 5.74) is 0. The number of aliphatic carboxylic acids is 1. The third-order valence-electron chi connectivity index (χ3n) is 18.4. The van der Waals surface area contributed by atoms with Crippen LogP contribution in [0.4, 0.5) is 0 Å². The number of hydrogen-bond acceptors (Lipinski definition) is 7. The summed E-state index contributed by atoms with van der Waals surface area (Å²) < 4.78 is 23.1. The van der Waals surface area contributed by atoms with Crippen LogP contribution in [0.3, 0.4) is 0 Å². The number of likely N-dealkylation sites (N-methyl/N-ethyl adjacent to an activating group) is 1. The van der Waals surface area contributed by atoms with Crippen molar-refractivity contribution >= 4 is 17.9 Å². The number of carbonyl (C=O) groups is 3. The Morgan fingerprint density at radius 3 is 0.895 bits per heavy atom. The fourth-order valence-electron chi connectivity index (χ4n) is 12.2. The van der Waals surface area contributed by atoms with Crippen LogP contribution in [0.2, 0.25) is 0 Å². The van der Waals surface area contributed by atoms with Crippen molar-refractivity contribution in [3.05, 3.63) is 72.9 Å². The highest BCUT2D eigenvalue weighted by atomic mass is 16.7. The van der Waals surface area contributed by atoms with Gasteiger partial charge in [-0.1, -0.05) is 376 Å². The fourth-order valence-corrected chi connectivity index (χ4v) is 12.2. The average molecular weight is 1330 g/mol. The van der Waals surface area contributed by atoms with Crippen molar-refractivity contribution in [3.8, 4) is 0 Å². The first kappa shape index (κ1) is 91.7. The van der Waals surface area contributed by atoms with Gasteiger partial charge in [-0.2, -0.15) is 0 Å². The highest BCUT2D eigenvalue weighted by molar-refractivity contribution is 5.71. The van der Waals surface area contributed by atoms with Gasteiger partial charge in [-0.15, -0.1) is 0 Å². The Kier molecular flexibility index (Phi) is 73.9. The number of esters is 2. The first-order chi connectivity index (χ1) is 46.6. The van der Waals surface area contributed by atoms with Gasteiger partial charge in [0.1, 0.15) is 13.2 Å². The molecule has 1 N–H and O–H groups in total. The number of carboxylic acids is 1. The van der Waals surface area contributed by atoms with Gasteiger partial charge >= 0.3 is 17.9 Å². The van der Waals surface area contributed by atoms with Crippen LogP contribution in [0.1, 0.15) is 399 Å². The van der Waals surface area contributed by atoms with Gasteiger partial charge in [0.25, 0.3) is 6.29 Å². The average Bonchev–Trinajstić information content (AvgIpc) is 3.54.